The predicted molar refractivity (Wildman–Crippen MR) is 72.4 cm³/mol. The van der Waals surface area contributed by atoms with Gasteiger partial charge in [-0.3, -0.25) is 9.69 Å². The van der Waals surface area contributed by atoms with E-state index in [1.807, 2.05) is 20.8 Å². The van der Waals surface area contributed by atoms with Crippen molar-refractivity contribution in [3.8, 4) is 0 Å². The van der Waals surface area contributed by atoms with Crippen LogP contribution in [0.15, 0.2) is 11.1 Å². The predicted octanol–water partition coefficient (Wildman–Crippen LogP) is 1.77. The topological polar surface area (TPSA) is 75.3 Å². The Hall–Kier alpha value is -1.85. The van der Waals surface area contributed by atoms with E-state index in [1.54, 1.807) is 4.90 Å². The number of nitrogens with one attached hydrogen (secondary N) is 1. The molecule has 108 valence electrons. The minimum absolute atomic E-state index is 0.0487. The first-order valence-corrected chi connectivity index (χ1v) is 6.94. The number of fused-ring (bicyclic) bond motifs is 4. The number of ether oxygens (including phenoxy) is 1. The van der Waals surface area contributed by atoms with Gasteiger partial charge in [-0.15, -0.1) is 0 Å². The molecule has 1 aromatic heterocycles. The second-order valence-electron chi connectivity index (χ2n) is 6.43. The van der Waals surface area contributed by atoms with E-state index in [-0.39, 0.29) is 23.7 Å². The molecule has 1 aromatic rings. The van der Waals surface area contributed by atoms with E-state index in [0.29, 0.717) is 6.42 Å². The molecule has 0 saturated carbocycles. The van der Waals surface area contributed by atoms with Gasteiger partial charge in [-0.25, -0.2) is 9.78 Å². The van der Waals surface area contributed by atoms with Crippen LogP contribution in [0.1, 0.15) is 50.9 Å². The summed E-state index contributed by atoms with van der Waals surface area (Å²) in [6, 6.07) is -0.0754. The zero-order chi connectivity index (χ0) is 14.5. The monoisotopic (exact) mass is 277 g/mol. The third-order valence-electron chi connectivity index (χ3n) is 3.84. The summed E-state index contributed by atoms with van der Waals surface area (Å²) >= 11 is 0. The van der Waals surface area contributed by atoms with Gasteiger partial charge in [0, 0.05) is 18.0 Å². The van der Waals surface area contributed by atoms with E-state index < -0.39 is 5.60 Å². The average molecular weight is 277 g/mol. The molecule has 1 fully saturated rings. The number of aromatic amines is 1. The van der Waals surface area contributed by atoms with Crippen molar-refractivity contribution in [2.24, 2.45) is 0 Å². The Kier molecular flexibility index (Phi) is 2.84. The van der Waals surface area contributed by atoms with Crippen molar-refractivity contribution in [3.05, 3.63) is 27.9 Å². The SMILES string of the molecule is CC(C)(C)OC(=O)N1C2CCC1c1nc[nH]c(=O)c1C2. The fourth-order valence-corrected chi connectivity index (χ4v) is 3.10. The van der Waals surface area contributed by atoms with Crippen molar-refractivity contribution < 1.29 is 9.53 Å². The van der Waals surface area contributed by atoms with Gasteiger partial charge >= 0.3 is 6.09 Å². The van der Waals surface area contributed by atoms with Gasteiger partial charge in [-0.2, -0.15) is 0 Å². The Labute approximate surface area is 117 Å². The number of hydrogen-bond donors (Lipinski definition) is 1. The van der Waals surface area contributed by atoms with E-state index in [1.165, 1.54) is 6.33 Å². The summed E-state index contributed by atoms with van der Waals surface area (Å²) in [6.07, 6.45) is 3.40. The highest BCUT2D eigenvalue weighted by molar-refractivity contribution is 5.70. The third kappa shape index (κ3) is 2.09. The number of carbonyl (C=O) groups is 1. The summed E-state index contributed by atoms with van der Waals surface area (Å²) in [5, 5.41) is 0. The smallest absolute Gasteiger partial charge is 0.411 e. The molecule has 2 unspecified atom stereocenters. The standard InChI is InChI=1S/C14H19N3O3/c1-14(2,3)20-13(19)17-8-4-5-10(17)11-9(6-8)12(18)16-7-15-11/h7-8,10H,4-6H2,1-3H3,(H,15,16,18). The molecule has 1 amide bonds. The molecule has 0 radical (unpaired) electrons. The molecular formula is C14H19N3O3. The first-order chi connectivity index (χ1) is 9.37. The van der Waals surface area contributed by atoms with Crippen LogP contribution in [0.25, 0.3) is 0 Å². The van der Waals surface area contributed by atoms with Crippen LogP contribution in [0.2, 0.25) is 0 Å². The lowest BCUT2D eigenvalue weighted by Crippen LogP contribution is -2.46. The van der Waals surface area contributed by atoms with Crippen LogP contribution in [0.3, 0.4) is 0 Å². The molecule has 0 aliphatic carbocycles. The molecule has 1 N–H and O–H groups in total. The van der Waals surface area contributed by atoms with Crippen LogP contribution in [-0.2, 0) is 11.2 Å². The van der Waals surface area contributed by atoms with Gasteiger partial charge in [0.15, 0.2) is 0 Å². The fourth-order valence-electron chi connectivity index (χ4n) is 3.10. The normalized spacial score (nSPS) is 24.4. The van der Waals surface area contributed by atoms with E-state index in [0.717, 1.165) is 24.1 Å². The molecule has 0 spiro atoms. The minimum atomic E-state index is -0.515. The molecular weight excluding hydrogens is 258 g/mol. The third-order valence-corrected chi connectivity index (χ3v) is 3.84. The molecule has 6 heteroatoms. The Morgan fingerprint density at radius 1 is 1.45 bits per heavy atom. The van der Waals surface area contributed by atoms with Gasteiger partial charge in [0.05, 0.1) is 18.1 Å². The maximum absolute atomic E-state index is 12.4. The Morgan fingerprint density at radius 3 is 2.90 bits per heavy atom. The summed E-state index contributed by atoms with van der Waals surface area (Å²) in [7, 11) is 0. The second kappa shape index (κ2) is 4.33. The maximum atomic E-state index is 12.4. The molecule has 2 aliphatic heterocycles. The first kappa shape index (κ1) is 13.1. The molecule has 20 heavy (non-hydrogen) atoms. The van der Waals surface area contributed by atoms with Crippen LogP contribution in [0.4, 0.5) is 4.79 Å². The van der Waals surface area contributed by atoms with Gasteiger partial charge in [-0.1, -0.05) is 0 Å². The highest BCUT2D eigenvalue weighted by Crippen LogP contribution is 2.42. The van der Waals surface area contributed by atoms with E-state index in [9.17, 15) is 9.59 Å². The molecule has 6 nitrogen and oxygen atoms in total. The van der Waals surface area contributed by atoms with Gasteiger partial charge in [-0.05, 0) is 33.6 Å². The number of nitrogens with zero attached hydrogens (tertiary/aromatic N) is 2. The van der Waals surface area contributed by atoms with Crippen LogP contribution < -0.4 is 5.56 Å². The number of hydrogen-bond acceptors (Lipinski definition) is 4. The van der Waals surface area contributed by atoms with Crippen molar-refractivity contribution in [2.75, 3.05) is 0 Å². The molecule has 2 atom stereocenters. The number of H-pyrrole nitrogens is 1. The molecule has 0 aromatic carbocycles. The molecule has 2 bridgehead atoms. The zero-order valence-corrected chi connectivity index (χ0v) is 12.0. The summed E-state index contributed by atoms with van der Waals surface area (Å²) < 4.78 is 5.48. The largest absolute Gasteiger partial charge is 0.444 e. The Bertz CT molecular complexity index is 602. The maximum Gasteiger partial charge on any atom is 0.411 e. The Balaban J connectivity index is 1.94. The number of aromatic nitrogens is 2. The van der Waals surface area contributed by atoms with Gasteiger partial charge in [0.25, 0.3) is 5.56 Å². The van der Waals surface area contributed by atoms with Crippen molar-refractivity contribution in [1.29, 1.82) is 0 Å². The van der Waals surface area contributed by atoms with Crippen LogP contribution in [-0.4, -0.2) is 32.6 Å². The molecule has 3 heterocycles. The highest BCUT2D eigenvalue weighted by atomic mass is 16.6. The minimum Gasteiger partial charge on any atom is -0.444 e. The van der Waals surface area contributed by atoms with Crippen molar-refractivity contribution >= 4 is 6.09 Å². The molecule has 2 aliphatic rings. The molecule has 1 saturated heterocycles. The Morgan fingerprint density at radius 2 is 2.20 bits per heavy atom. The molecule has 3 rings (SSSR count). The first-order valence-electron chi connectivity index (χ1n) is 6.94. The van der Waals surface area contributed by atoms with Crippen molar-refractivity contribution in [3.63, 3.8) is 0 Å². The quantitative estimate of drug-likeness (QED) is 0.784. The van der Waals surface area contributed by atoms with Crippen LogP contribution in [0.5, 0.6) is 0 Å². The van der Waals surface area contributed by atoms with Crippen LogP contribution >= 0.6 is 0 Å². The fraction of sp³-hybridized carbons (Fsp3) is 0.643. The van der Waals surface area contributed by atoms with E-state index in [4.69, 9.17) is 4.74 Å². The van der Waals surface area contributed by atoms with E-state index >= 15 is 0 Å². The van der Waals surface area contributed by atoms with Crippen molar-refractivity contribution in [2.45, 2.75) is 57.7 Å². The summed E-state index contributed by atoms with van der Waals surface area (Å²) in [5.74, 6) is 0. The van der Waals surface area contributed by atoms with E-state index in [2.05, 4.69) is 9.97 Å². The van der Waals surface area contributed by atoms with Gasteiger partial charge in [0.2, 0.25) is 0 Å². The summed E-state index contributed by atoms with van der Waals surface area (Å²) in [6.45, 7) is 5.56. The lowest BCUT2D eigenvalue weighted by molar-refractivity contribution is 0.0119. The lowest BCUT2D eigenvalue weighted by Gasteiger charge is -2.36. The summed E-state index contributed by atoms with van der Waals surface area (Å²) in [4.78, 5) is 32.9. The second-order valence-corrected chi connectivity index (χ2v) is 6.43. The van der Waals surface area contributed by atoms with Gasteiger partial charge in [0.1, 0.15) is 5.60 Å². The number of amides is 1. The highest BCUT2D eigenvalue weighted by Gasteiger charge is 2.45. The summed E-state index contributed by atoms with van der Waals surface area (Å²) in [5.41, 5.74) is 0.849. The zero-order valence-electron chi connectivity index (χ0n) is 12.0. The van der Waals surface area contributed by atoms with Gasteiger partial charge < -0.3 is 9.72 Å². The average Bonchev–Trinajstić information content (AvgIpc) is 2.65. The van der Waals surface area contributed by atoms with Crippen LogP contribution in [0, 0.1) is 0 Å². The van der Waals surface area contributed by atoms with Crippen molar-refractivity contribution in [1.82, 2.24) is 14.9 Å². The number of carbonyl (C=O) groups excluding carboxylic acids is 1. The lowest BCUT2D eigenvalue weighted by atomic mass is 10.00. The number of rotatable bonds is 0.